The third-order valence-electron chi connectivity index (χ3n) is 7.67. The third-order valence-corrected chi connectivity index (χ3v) is 7.67. The molecule has 0 radical (unpaired) electrons. The number of fused-ring (bicyclic) bond motifs is 2. The lowest BCUT2D eigenvalue weighted by Crippen LogP contribution is -2.49. The number of anilines is 2. The summed E-state index contributed by atoms with van der Waals surface area (Å²) in [7, 11) is 2.07. The molecule has 5 rings (SSSR count). The number of hydrogen-bond acceptors (Lipinski definition) is 8. The van der Waals surface area contributed by atoms with E-state index < -0.39 is 0 Å². The van der Waals surface area contributed by atoms with Crippen molar-refractivity contribution in [2.24, 2.45) is 0 Å². The molecule has 1 amide bonds. The van der Waals surface area contributed by atoms with Gasteiger partial charge in [0.2, 0.25) is 5.91 Å². The number of carbonyl (C=O) groups is 1. The smallest absolute Gasteiger partial charge is 0.318 e. The van der Waals surface area contributed by atoms with Crippen LogP contribution in [0.15, 0.2) is 49.1 Å². The van der Waals surface area contributed by atoms with E-state index in [0.29, 0.717) is 38.7 Å². The quantitative estimate of drug-likeness (QED) is 0.444. The highest BCUT2D eigenvalue weighted by Gasteiger charge is 2.29. The first-order valence-corrected chi connectivity index (χ1v) is 13.7. The van der Waals surface area contributed by atoms with Crippen LogP contribution in [0, 0.1) is 0 Å². The molecule has 1 N–H and O–H groups in total. The van der Waals surface area contributed by atoms with Gasteiger partial charge in [0, 0.05) is 62.0 Å². The minimum Gasteiger partial charge on any atom is -0.508 e. The average Bonchev–Trinajstić information content (AvgIpc) is 2.95. The van der Waals surface area contributed by atoms with Crippen molar-refractivity contribution < 1.29 is 14.6 Å². The fraction of sp³-hybridized carbons (Fsp3) is 0.433. The van der Waals surface area contributed by atoms with Crippen molar-refractivity contribution in [3.05, 3.63) is 60.3 Å². The number of ether oxygens (including phenoxy) is 1. The van der Waals surface area contributed by atoms with Crippen molar-refractivity contribution in [3.63, 3.8) is 0 Å². The largest absolute Gasteiger partial charge is 0.508 e. The molecular weight excluding hydrogens is 492 g/mol. The summed E-state index contributed by atoms with van der Waals surface area (Å²) < 4.78 is 6.26. The monoisotopic (exact) mass is 530 g/mol. The standard InChI is InChI=1S/C30H38N6O3/c1-5-28(38)34-13-15-35(16-14-34)29-25-11-12-36(27-18-23(37)17-22-9-7-8-10-24(22)27)20-26(25)31-30(32-29)39-21(3)19-33(4)6-2/h5,7-10,17-18,21,37H,1,6,11-16,19-20H2,2-4H3. The lowest BCUT2D eigenvalue weighted by atomic mass is 10.0. The molecule has 0 spiro atoms. The van der Waals surface area contributed by atoms with Gasteiger partial charge in [-0.3, -0.25) is 4.79 Å². The number of carbonyl (C=O) groups excluding carboxylic acids is 1. The normalized spacial score (nSPS) is 16.4. The molecule has 2 aliphatic heterocycles. The zero-order valence-electron chi connectivity index (χ0n) is 23.1. The van der Waals surface area contributed by atoms with Crippen molar-refractivity contribution in [2.75, 3.05) is 62.7 Å². The van der Waals surface area contributed by atoms with Crippen LogP contribution >= 0.6 is 0 Å². The maximum Gasteiger partial charge on any atom is 0.318 e. The van der Waals surface area contributed by atoms with Crippen molar-refractivity contribution >= 4 is 28.2 Å². The van der Waals surface area contributed by atoms with E-state index in [1.165, 1.54) is 6.08 Å². The molecule has 39 heavy (non-hydrogen) atoms. The topological polar surface area (TPSA) is 85.3 Å². The first-order valence-electron chi connectivity index (χ1n) is 13.7. The second kappa shape index (κ2) is 11.5. The zero-order chi connectivity index (χ0) is 27.5. The average molecular weight is 531 g/mol. The molecule has 1 atom stereocenters. The van der Waals surface area contributed by atoms with Gasteiger partial charge in [-0.2, -0.15) is 9.97 Å². The summed E-state index contributed by atoms with van der Waals surface area (Å²) in [6.45, 7) is 13.5. The number of benzene rings is 2. The van der Waals surface area contributed by atoms with Crippen LogP contribution in [0.5, 0.6) is 11.8 Å². The minimum absolute atomic E-state index is 0.0359. The zero-order valence-corrected chi connectivity index (χ0v) is 23.1. The summed E-state index contributed by atoms with van der Waals surface area (Å²) in [5, 5.41) is 12.6. The van der Waals surface area contributed by atoms with Gasteiger partial charge in [-0.25, -0.2) is 0 Å². The first kappa shape index (κ1) is 26.7. The Bertz CT molecular complexity index is 1350. The van der Waals surface area contributed by atoms with Crippen LogP contribution in [0.25, 0.3) is 10.8 Å². The van der Waals surface area contributed by atoms with Gasteiger partial charge in [-0.05, 0) is 44.5 Å². The van der Waals surface area contributed by atoms with Crippen LogP contribution in [0.2, 0.25) is 0 Å². The molecule has 9 nitrogen and oxygen atoms in total. The van der Waals surface area contributed by atoms with Crippen LogP contribution < -0.4 is 14.5 Å². The maximum atomic E-state index is 12.1. The van der Waals surface area contributed by atoms with E-state index >= 15 is 0 Å². The van der Waals surface area contributed by atoms with E-state index in [2.05, 4.69) is 41.3 Å². The molecule has 1 unspecified atom stereocenters. The summed E-state index contributed by atoms with van der Waals surface area (Å²) in [4.78, 5) is 30.5. The Labute approximate surface area is 230 Å². The Hall–Kier alpha value is -3.85. The molecule has 1 aromatic heterocycles. The van der Waals surface area contributed by atoms with E-state index in [0.717, 1.165) is 59.6 Å². The number of likely N-dealkylation sites (N-methyl/N-ethyl adjacent to an activating group) is 1. The summed E-state index contributed by atoms with van der Waals surface area (Å²) >= 11 is 0. The number of phenols is 1. The number of nitrogens with zero attached hydrogens (tertiary/aromatic N) is 6. The van der Waals surface area contributed by atoms with E-state index in [-0.39, 0.29) is 17.8 Å². The first-order chi connectivity index (χ1) is 18.9. The number of amides is 1. The van der Waals surface area contributed by atoms with Crippen LogP contribution in [-0.2, 0) is 17.8 Å². The molecule has 1 fully saturated rings. The molecule has 2 aliphatic rings. The number of rotatable bonds is 8. The molecule has 0 bridgehead atoms. The second-order valence-electron chi connectivity index (χ2n) is 10.4. The Morgan fingerprint density at radius 1 is 1.15 bits per heavy atom. The number of aromatic hydroxyl groups is 1. The van der Waals surface area contributed by atoms with Gasteiger partial charge in [-0.15, -0.1) is 0 Å². The fourth-order valence-corrected chi connectivity index (χ4v) is 5.50. The molecule has 2 aromatic carbocycles. The van der Waals surface area contributed by atoms with E-state index in [1.54, 1.807) is 6.07 Å². The third kappa shape index (κ3) is 5.78. The van der Waals surface area contributed by atoms with Gasteiger partial charge in [0.1, 0.15) is 17.7 Å². The molecule has 9 heteroatoms. The highest BCUT2D eigenvalue weighted by atomic mass is 16.5. The second-order valence-corrected chi connectivity index (χ2v) is 10.4. The van der Waals surface area contributed by atoms with Gasteiger partial charge in [0.15, 0.2) is 0 Å². The lowest BCUT2D eigenvalue weighted by molar-refractivity contribution is -0.126. The van der Waals surface area contributed by atoms with Gasteiger partial charge in [0.05, 0.1) is 12.2 Å². The van der Waals surface area contributed by atoms with E-state index in [9.17, 15) is 9.90 Å². The van der Waals surface area contributed by atoms with E-state index in [1.807, 2.05) is 36.1 Å². The summed E-state index contributed by atoms with van der Waals surface area (Å²) in [6, 6.07) is 12.1. The Kier molecular flexibility index (Phi) is 7.88. The van der Waals surface area contributed by atoms with Gasteiger partial charge in [-0.1, -0.05) is 37.8 Å². The number of hydrogen-bond donors (Lipinski definition) is 1. The van der Waals surface area contributed by atoms with Crippen molar-refractivity contribution in [1.82, 2.24) is 19.8 Å². The van der Waals surface area contributed by atoms with Crippen LogP contribution in [0.3, 0.4) is 0 Å². The Morgan fingerprint density at radius 3 is 2.67 bits per heavy atom. The molecular formula is C30H38N6O3. The number of aromatic nitrogens is 2. The number of phenolic OH excluding ortho intramolecular Hbond substituents is 1. The van der Waals surface area contributed by atoms with Crippen molar-refractivity contribution in [3.8, 4) is 11.8 Å². The van der Waals surface area contributed by atoms with Crippen molar-refractivity contribution in [2.45, 2.75) is 32.9 Å². The minimum atomic E-state index is -0.0717. The van der Waals surface area contributed by atoms with Crippen LogP contribution in [0.1, 0.15) is 25.1 Å². The van der Waals surface area contributed by atoms with Crippen LogP contribution in [-0.4, -0.2) is 89.7 Å². The molecule has 0 saturated carbocycles. The van der Waals surface area contributed by atoms with E-state index in [4.69, 9.17) is 14.7 Å². The van der Waals surface area contributed by atoms with Crippen LogP contribution in [0.4, 0.5) is 11.5 Å². The number of piperazine rings is 1. The van der Waals surface area contributed by atoms with Gasteiger partial charge >= 0.3 is 6.01 Å². The maximum absolute atomic E-state index is 12.1. The summed E-state index contributed by atoms with van der Waals surface area (Å²) in [6.07, 6.45) is 2.08. The van der Waals surface area contributed by atoms with Crippen molar-refractivity contribution in [1.29, 1.82) is 0 Å². The summed E-state index contributed by atoms with van der Waals surface area (Å²) in [5.41, 5.74) is 3.06. The molecule has 0 aliphatic carbocycles. The predicted molar refractivity (Wildman–Crippen MR) is 155 cm³/mol. The highest BCUT2D eigenvalue weighted by Crippen LogP contribution is 2.36. The molecule has 1 saturated heterocycles. The Balaban J connectivity index is 1.47. The lowest BCUT2D eigenvalue weighted by Gasteiger charge is -2.38. The van der Waals surface area contributed by atoms with Gasteiger partial charge < -0.3 is 29.4 Å². The molecule has 3 aromatic rings. The molecule has 206 valence electrons. The summed E-state index contributed by atoms with van der Waals surface area (Å²) in [5.74, 6) is 1.12. The predicted octanol–water partition coefficient (Wildman–Crippen LogP) is 3.45. The Morgan fingerprint density at radius 2 is 1.92 bits per heavy atom. The fourth-order valence-electron chi connectivity index (χ4n) is 5.50. The molecule has 3 heterocycles. The SMILES string of the molecule is C=CC(=O)N1CCN(c2nc(OC(C)CN(C)CC)nc3c2CCN(c2cc(O)cc4ccccc24)C3)CC1. The van der Waals surface area contributed by atoms with Gasteiger partial charge in [0.25, 0.3) is 0 Å². The highest BCUT2D eigenvalue weighted by molar-refractivity contribution is 5.95.